The van der Waals surface area contributed by atoms with E-state index in [1.807, 2.05) is 56.3 Å². The molecule has 1 unspecified atom stereocenters. The number of imidazole rings is 1. The van der Waals surface area contributed by atoms with Crippen LogP contribution in [0.2, 0.25) is 0 Å². The minimum absolute atomic E-state index is 0.102. The van der Waals surface area contributed by atoms with Crippen LogP contribution in [0, 0.1) is 6.92 Å². The fourth-order valence-electron chi connectivity index (χ4n) is 7.44. The van der Waals surface area contributed by atoms with E-state index in [0.29, 0.717) is 24.8 Å². The molecule has 3 N–H and O–H groups in total. The maximum absolute atomic E-state index is 13.9. The van der Waals surface area contributed by atoms with Crippen molar-refractivity contribution in [2.45, 2.75) is 89.8 Å². The van der Waals surface area contributed by atoms with Crippen LogP contribution in [0.1, 0.15) is 75.9 Å². The van der Waals surface area contributed by atoms with Gasteiger partial charge in [-0.1, -0.05) is 18.2 Å². The molecule has 7 rings (SSSR count). The first-order chi connectivity index (χ1) is 22.0. The van der Waals surface area contributed by atoms with Crippen LogP contribution in [0.5, 0.6) is 0 Å². The molecule has 2 atom stereocenters. The molecule has 242 valence electrons. The van der Waals surface area contributed by atoms with E-state index < -0.39 is 17.8 Å². The van der Waals surface area contributed by atoms with Crippen LogP contribution in [-0.4, -0.2) is 68.8 Å². The van der Waals surface area contributed by atoms with Gasteiger partial charge in [-0.05, 0) is 96.3 Å². The summed E-state index contributed by atoms with van der Waals surface area (Å²) in [6.45, 7) is 11.5. The number of nitrogens with zero attached hydrogens (tertiary/aromatic N) is 5. The highest BCUT2D eigenvalue weighted by Gasteiger charge is 2.50. The summed E-state index contributed by atoms with van der Waals surface area (Å²) in [5.41, 5.74) is 7.28. The third-order valence-corrected chi connectivity index (χ3v) is 10.3. The second-order valence-electron chi connectivity index (χ2n) is 14.0. The molecule has 10 heteroatoms. The Morgan fingerprint density at radius 3 is 2.57 bits per heavy atom. The number of aromatic nitrogens is 3. The van der Waals surface area contributed by atoms with Crippen LogP contribution in [0.15, 0.2) is 48.8 Å². The summed E-state index contributed by atoms with van der Waals surface area (Å²) in [6, 6.07) is 14.8. The molecule has 46 heavy (non-hydrogen) atoms. The first-order valence-corrected chi connectivity index (χ1v) is 16.4. The molecule has 2 aliphatic heterocycles. The van der Waals surface area contributed by atoms with Gasteiger partial charge in [-0.15, -0.1) is 0 Å². The molecule has 2 aromatic heterocycles. The van der Waals surface area contributed by atoms with Crippen molar-refractivity contribution in [3.05, 3.63) is 65.5 Å². The molecule has 0 spiro atoms. The van der Waals surface area contributed by atoms with Crippen molar-refractivity contribution in [3.8, 4) is 11.3 Å². The number of anilines is 3. The zero-order valence-electron chi connectivity index (χ0n) is 27.5. The molecule has 2 fully saturated rings. The van der Waals surface area contributed by atoms with E-state index in [9.17, 15) is 14.3 Å². The molecule has 9 nitrogen and oxygen atoms in total. The number of aryl methyl sites for hydroxylation is 1. The number of amides is 1. The largest absolute Gasteiger partial charge is 0.374 e. The van der Waals surface area contributed by atoms with E-state index in [4.69, 9.17) is 9.97 Å². The molecule has 1 aliphatic carbocycles. The summed E-state index contributed by atoms with van der Waals surface area (Å²) in [6.07, 6.45) is 2.66. The number of alkyl halides is 1. The Kier molecular flexibility index (Phi) is 7.65. The van der Waals surface area contributed by atoms with Gasteiger partial charge in [0.05, 0.1) is 23.0 Å². The van der Waals surface area contributed by atoms with E-state index >= 15 is 0 Å². The zero-order valence-corrected chi connectivity index (χ0v) is 27.5. The van der Waals surface area contributed by atoms with Crippen molar-refractivity contribution in [1.29, 1.82) is 0 Å². The van der Waals surface area contributed by atoms with Gasteiger partial charge in [-0.25, -0.2) is 14.4 Å². The van der Waals surface area contributed by atoms with E-state index in [1.54, 1.807) is 7.05 Å². The van der Waals surface area contributed by atoms with Crippen molar-refractivity contribution in [1.82, 2.24) is 24.8 Å². The van der Waals surface area contributed by atoms with E-state index in [0.717, 1.165) is 69.7 Å². The van der Waals surface area contributed by atoms with Gasteiger partial charge in [0.1, 0.15) is 17.9 Å². The first kappa shape index (κ1) is 30.8. The van der Waals surface area contributed by atoms with Crippen LogP contribution < -0.4 is 15.5 Å². The fourth-order valence-corrected chi connectivity index (χ4v) is 7.44. The highest BCUT2D eigenvalue weighted by Crippen LogP contribution is 2.48. The molecule has 4 heterocycles. The summed E-state index contributed by atoms with van der Waals surface area (Å²) in [5, 5.41) is 17.0. The Labute approximate surface area is 269 Å². The Bertz CT molecular complexity index is 1810. The number of benzene rings is 2. The molecule has 0 bridgehead atoms. The number of fused-ring (bicyclic) bond motifs is 2. The molecule has 2 aromatic carbocycles. The van der Waals surface area contributed by atoms with Crippen molar-refractivity contribution in [2.24, 2.45) is 0 Å². The number of hydrogen-bond acceptors (Lipinski definition) is 7. The topological polar surface area (TPSA) is 98.6 Å². The van der Waals surface area contributed by atoms with Gasteiger partial charge in [-0.2, -0.15) is 0 Å². The van der Waals surface area contributed by atoms with E-state index in [1.165, 1.54) is 0 Å². The van der Waals surface area contributed by atoms with Crippen LogP contribution in [0.25, 0.3) is 22.3 Å². The van der Waals surface area contributed by atoms with Gasteiger partial charge >= 0.3 is 0 Å². The third kappa shape index (κ3) is 5.07. The van der Waals surface area contributed by atoms with E-state index in [-0.39, 0.29) is 18.0 Å². The quantitative estimate of drug-likeness (QED) is 0.202. The predicted molar refractivity (Wildman–Crippen MR) is 180 cm³/mol. The minimum Gasteiger partial charge on any atom is -0.374 e. The van der Waals surface area contributed by atoms with Gasteiger partial charge in [0.2, 0.25) is 5.91 Å². The van der Waals surface area contributed by atoms with Crippen LogP contribution in [0.4, 0.5) is 21.6 Å². The standard InChI is InChI=1S/C36H44FN7O2/c1-20(2)43-19-39-30-17-29(41-33(32(30)43)40-24-9-7-21(3)27(14-24)34(45)38-6)22-8-10-28-31(13-22)44(35(46)36(28,4)5)26-15-25(16-26)42-12-11-23(37)18-42/h7-10,13-14,17,19-20,23,25-26,34,38,45H,11-12,15-16,18H2,1-6H3,(H,40,41)/t23-,25?,26?,34?/m0/s1. The summed E-state index contributed by atoms with van der Waals surface area (Å²) >= 11 is 0. The van der Waals surface area contributed by atoms with Crippen molar-refractivity contribution < 1.29 is 14.3 Å². The SMILES string of the molecule is CNC(O)c1cc(Nc2nc(-c3ccc4c(c3)N(C3CC(N5CC[C@H](F)C5)C3)C(=O)C4(C)C)cc3ncn(C(C)C)c23)ccc1C. The normalized spacial score (nSPS) is 23.3. The average molecular weight is 626 g/mol. The molecule has 1 saturated heterocycles. The van der Waals surface area contributed by atoms with Gasteiger partial charge in [-0.3, -0.25) is 15.0 Å². The van der Waals surface area contributed by atoms with Gasteiger partial charge < -0.3 is 19.9 Å². The number of nitrogens with one attached hydrogen (secondary N) is 2. The number of carbonyl (C=O) groups is 1. The first-order valence-electron chi connectivity index (χ1n) is 16.4. The number of rotatable bonds is 8. The monoisotopic (exact) mass is 625 g/mol. The Morgan fingerprint density at radius 1 is 1.09 bits per heavy atom. The summed E-state index contributed by atoms with van der Waals surface area (Å²) in [7, 11) is 1.73. The Morgan fingerprint density at radius 2 is 1.87 bits per heavy atom. The molecule has 1 saturated carbocycles. The minimum atomic E-state index is -0.787. The third-order valence-electron chi connectivity index (χ3n) is 10.3. The lowest BCUT2D eigenvalue weighted by molar-refractivity contribution is -0.123. The van der Waals surface area contributed by atoms with Crippen molar-refractivity contribution >= 4 is 34.1 Å². The summed E-state index contributed by atoms with van der Waals surface area (Å²) in [5.74, 6) is 0.785. The maximum atomic E-state index is 13.9. The average Bonchev–Trinajstić information content (AvgIpc) is 3.69. The lowest BCUT2D eigenvalue weighted by Crippen LogP contribution is -2.55. The molecule has 1 amide bonds. The van der Waals surface area contributed by atoms with E-state index in [2.05, 4.69) is 52.1 Å². The van der Waals surface area contributed by atoms with Crippen LogP contribution >= 0.6 is 0 Å². The second kappa shape index (κ2) is 11.4. The number of pyridine rings is 1. The van der Waals surface area contributed by atoms with Crippen LogP contribution in [-0.2, 0) is 10.2 Å². The highest BCUT2D eigenvalue weighted by molar-refractivity contribution is 6.08. The zero-order chi connectivity index (χ0) is 32.5. The number of aliphatic hydroxyl groups is 1. The number of carbonyl (C=O) groups excluding carboxylic acids is 1. The molecular formula is C36H44FN7O2. The molecule has 3 aliphatic rings. The maximum Gasteiger partial charge on any atom is 0.237 e. The molecular weight excluding hydrogens is 581 g/mol. The highest BCUT2D eigenvalue weighted by atomic mass is 19.1. The lowest BCUT2D eigenvalue weighted by Gasteiger charge is -2.45. The summed E-state index contributed by atoms with van der Waals surface area (Å²) < 4.78 is 16.0. The predicted octanol–water partition coefficient (Wildman–Crippen LogP) is 6.14. The van der Waals surface area contributed by atoms with Gasteiger partial charge in [0.25, 0.3) is 0 Å². The van der Waals surface area contributed by atoms with Crippen LogP contribution in [0.3, 0.4) is 0 Å². The van der Waals surface area contributed by atoms with Gasteiger partial charge in [0.15, 0.2) is 5.82 Å². The van der Waals surface area contributed by atoms with Crippen molar-refractivity contribution in [3.63, 3.8) is 0 Å². The van der Waals surface area contributed by atoms with Crippen molar-refractivity contribution in [2.75, 3.05) is 30.4 Å². The summed E-state index contributed by atoms with van der Waals surface area (Å²) in [4.78, 5) is 28.0. The number of hydrogen-bond donors (Lipinski definition) is 3. The Balaban J connectivity index is 1.26. The molecule has 0 radical (unpaired) electrons. The molecule has 4 aromatic rings. The van der Waals surface area contributed by atoms with Gasteiger partial charge in [0, 0.05) is 53.7 Å². The fraction of sp³-hybridized carbons (Fsp3) is 0.472. The number of aliphatic hydroxyl groups excluding tert-OH is 1. The number of likely N-dealkylation sites (tertiary alicyclic amines) is 1. The Hall–Kier alpha value is -3.86. The smallest absolute Gasteiger partial charge is 0.237 e. The lowest BCUT2D eigenvalue weighted by atomic mass is 9.83. The second-order valence-corrected chi connectivity index (χ2v) is 14.0. The number of halogens is 1.